The Labute approximate surface area is 148 Å². The number of imidazole rings is 1. The number of thioether (sulfide) groups is 1. The van der Waals surface area contributed by atoms with Crippen molar-refractivity contribution in [1.82, 2.24) is 19.8 Å². The lowest BCUT2D eigenvalue weighted by Crippen LogP contribution is -2.51. The fraction of sp³-hybridized carbons (Fsp3) is 0.556. The van der Waals surface area contributed by atoms with Crippen LogP contribution in [0.2, 0.25) is 0 Å². The Hall–Kier alpha value is -1.69. The quantitative estimate of drug-likeness (QED) is 0.686. The van der Waals surface area contributed by atoms with Gasteiger partial charge in [0.2, 0.25) is 0 Å². The van der Waals surface area contributed by atoms with Crippen LogP contribution in [-0.4, -0.2) is 57.6 Å². The molecule has 1 N–H and O–H groups in total. The summed E-state index contributed by atoms with van der Waals surface area (Å²) in [5, 5.41) is 3.53. The molecule has 0 saturated carbocycles. The molecule has 0 unspecified atom stereocenters. The molecule has 0 aliphatic carbocycles. The zero-order valence-electron chi connectivity index (χ0n) is 15.0. The number of hydrogen-bond acceptors (Lipinski definition) is 3. The molecule has 1 aliphatic rings. The maximum atomic E-state index is 4.63. The fourth-order valence-electron chi connectivity index (χ4n) is 3.29. The maximum Gasteiger partial charge on any atom is 0.193 e. The summed E-state index contributed by atoms with van der Waals surface area (Å²) in [6, 6.07) is 8.31. The SMILES string of the molecule is CN=C(NCCn1c(C)nc2ccccc21)N1CCSC(C)(C)C1. The Morgan fingerprint density at radius 3 is 2.92 bits per heavy atom. The van der Waals surface area contributed by atoms with E-state index in [1.807, 2.05) is 24.9 Å². The summed E-state index contributed by atoms with van der Waals surface area (Å²) in [5.41, 5.74) is 2.26. The van der Waals surface area contributed by atoms with Crippen molar-refractivity contribution in [2.45, 2.75) is 32.1 Å². The van der Waals surface area contributed by atoms with Crippen LogP contribution >= 0.6 is 11.8 Å². The smallest absolute Gasteiger partial charge is 0.193 e. The van der Waals surface area contributed by atoms with Gasteiger partial charge in [-0.15, -0.1) is 0 Å². The predicted molar refractivity (Wildman–Crippen MR) is 104 cm³/mol. The molecule has 0 atom stereocenters. The zero-order chi connectivity index (χ0) is 17.2. The van der Waals surface area contributed by atoms with Crippen LogP contribution in [0.4, 0.5) is 0 Å². The summed E-state index contributed by atoms with van der Waals surface area (Å²) in [5.74, 6) is 3.22. The van der Waals surface area contributed by atoms with Crippen LogP contribution in [-0.2, 0) is 6.54 Å². The van der Waals surface area contributed by atoms with Gasteiger partial charge in [0.25, 0.3) is 0 Å². The lowest BCUT2D eigenvalue weighted by atomic mass is 10.2. The van der Waals surface area contributed by atoms with E-state index in [4.69, 9.17) is 0 Å². The van der Waals surface area contributed by atoms with Crippen LogP contribution in [0.3, 0.4) is 0 Å². The molecule has 0 amide bonds. The molecule has 5 nitrogen and oxygen atoms in total. The number of rotatable bonds is 3. The number of aliphatic imine (C=N–C) groups is 1. The average molecular weight is 346 g/mol. The van der Waals surface area contributed by atoms with Crippen LogP contribution in [0, 0.1) is 6.92 Å². The summed E-state index contributed by atoms with van der Waals surface area (Å²) in [7, 11) is 1.87. The van der Waals surface area contributed by atoms with E-state index in [-0.39, 0.29) is 4.75 Å². The minimum absolute atomic E-state index is 0.285. The average Bonchev–Trinajstić information content (AvgIpc) is 2.86. The largest absolute Gasteiger partial charge is 0.354 e. The van der Waals surface area contributed by atoms with Crippen LogP contribution in [0.5, 0.6) is 0 Å². The molecule has 1 fully saturated rings. The summed E-state index contributed by atoms with van der Waals surface area (Å²) >= 11 is 2.04. The Bertz CT molecular complexity index is 734. The van der Waals surface area contributed by atoms with Crippen molar-refractivity contribution in [2.75, 3.05) is 32.4 Å². The molecule has 1 aromatic heterocycles. The van der Waals surface area contributed by atoms with Gasteiger partial charge in [0.15, 0.2) is 5.96 Å². The Morgan fingerprint density at radius 1 is 1.38 bits per heavy atom. The highest BCUT2D eigenvalue weighted by molar-refractivity contribution is 8.00. The summed E-state index contributed by atoms with van der Waals surface area (Å²) in [6.07, 6.45) is 0. The molecule has 0 radical (unpaired) electrons. The van der Waals surface area contributed by atoms with E-state index in [0.717, 1.165) is 49.2 Å². The van der Waals surface area contributed by atoms with Crippen LogP contribution in [0.25, 0.3) is 11.0 Å². The predicted octanol–water partition coefficient (Wildman–Crippen LogP) is 2.75. The van der Waals surface area contributed by atoms with E-state index >= 15 is 0 Å². The van der Waals surface area contributed by atoms with Crippen molar-refractivity contribution in [3.8, 4) is 0 Å². The summed E-state index contributed by atoms with van der Waals surface area (Å²) in [4.78, 5) is 11.5. The molecule has 24 heavy (non-hydrogen) atoms. The van der Waals surface area contributed by atoms with Gasteiger partial charge in [-0.3, -0.25) is 4.99 Å². The van der Waals surface area contributed by atoms with E-state index in [1.54, 1.807) is 0 Å². The molecule has 3 rings (SSSR count). The van der Waals surface area contributed by atoms with E-state index in [9.17, 15) is 0 Å². The first-order valence-electron chi connectivity index (χ1n) is 8.51. The second-order valence-electron chi connectivity index (χ2n) is 6.80. The number of aromatic nitrogens is 2. The van der Waals surface area contributed by atoms with Crippen molar-refractivity contribution in [3.63, 3.8) is 0 Å². The van der Waals surface area contributed by atoms with Gasteiger partial charge in [0.05, 0.1) is 11.0 Å². The lowest BCUT2D eigenvalue weighted by molar-refractivity contribution is 0.375. The second kappa shape index (κ2) is 7.05. The normalized spacial score (nSPS) is 18.2. The topological polar surface area (TPSA) is 45.5 Å². The molecular formula is C18H27N5S. The summed E-state index contributed by atoms with van der Waals surface area (Å²) < 4.78 is 2.55. The van der Waals surface area contributed by atoms with Gasteiger partial charge in [0, 0.05) is 43.7 Å². The van der Waals surface area contributed by atoms with Crippen LogP contribution in [0.15, 0.2) is 29.3 Å². The molecule has 2 heterocycles. The van der Waals surface area contributed by atoms with Gasteiger partial charge in [-0.1, -0.05) is 12.1 Å². The minimum atomic E-state index is 0.285. The third-order valence-electron chi connectivity index (χ3n) is 4.40. The number of para-hydroxylation sites is 2. The third kappa shape index (κ3) is 3.69. The summed E-state index contributed by atoms with van der Waals surface area (Å²) in [6.45, 7) is 10.5. The van der Waals surface area contributed by atoms with Crippen LogP contribution < -0.4 is 5.32 Å². The van der Waals surface area contributed by atoms with Crippen molar-refractivity contribution < 1.29 is 0 Å². The van der Waals surface area contributed by atoms with Crippen molar-refractivity contribution in [3.05, 3.63) is 30.1 Å². The second-order valence-corrected chi connectivity index (χ2v) is 8.61. The number of hydrogen-bond donors (Lipinski definition) is 1. The highest BCUT2D eigenvalue weighted by atomic mass is 32.2. The first-order chi connectivity index (χ1) is 11.5. The van der Waals surface area contributed by atoms with E-state index < -0.39 is 0 Å². The minimum Gasteiger partial charge on any atom is -0.354 e. The number of guanidine groups is 1. The fourth-order valence-corrected chi connectivity index (χ4v) is 4.40. The van der Waals surface area contributed by atoms with Gasteiger partial charge >= 0.3 is 0 Å². The maximum absolute atomic E-state index is 4.63. The molecule has 0 bridgehead atoms. The highest BCUT2D eigenvalue weighted by Crippen LogP contribution is 2.29. The number of nitrogens with one attached hydrogen (secondary N) is 1. The first-order valence-corrected chi connectivity index (χ1v) is 9.50. The monoisotopic (exact) mass is 345 g/mol. The van der Waals surface area contributed by atoms with E-state index in [0.29, 0.717) is 0 Å². The van der Waals surface area contributed by atoms with Gasteiger partial charge < -0.3 is 14.8 Å². The van der Waals surface area contributed by atoms with Gasteiger partial charge in [-0.05, 0) is 32.9 Å². The number of benzene rings is 1. The molecule has 1 aromatic carbocycles. The Morgan fingerprint density at radius 2 is 2.17 bits per heavy atom. The zero-order valence-corrected chi connectivity index (χ0v) is 15.9. The molecule has 1 aliphatic heterocycles. The highest BCUT2D eigenvalue weighted by Gasteiger charge is 2.28. The van der Waals surface area contributed by atoms with E-state index in [2.05, 4.69) is 63.7 Å². The number of aryl methyl sites for hydroxylation is 1. The first kappa shape index (κ1) is 17.1. The lowest BCUT2D eigenvalue weighted by Gasteiger charge is -2.39. The van der Waals surface area contributed by atoms with Crippen molar-refractivity contribution >= 4 is 28.8 Å². The molecule has 130 valence electrons. The van der Waals surface area contributed by atoms with Crippen molar-refractivity contribution in [2.24, 2.45) is 4.99 Å². The molecule has 2 aromatic rings. The van der Waals surface area contributed by atoms with Crippen LogP contribution in [0.1, 0.15) is 19.7 Å². The van der Waals surface area contributed by atoms with Gasteiger partial charge in [-0.2, -0.15) is 11.8 Å². The Balaban J connectivity index is 1.63. The number of nitrogens with zero attached hydrogens (tertiary/aromatic N) is 4. The third-order valence-corrected chi connectivity index (χ3v) is 5.70. The van der Waals surface area contributed by atoms with Gasteiger partial charge in [0.1, 0.15) is 5.82 Å². The standard InChI is InChI=1S/C18H27N5S/c1-14-21-15-7-5-6-8-16(15)23(14)10-9-20-17(19-4)22-11-12-24-18(2,3)13-22/h5-8H,9-13H2,1-4H3,(H,19,20). The molecular weight excluding hydrogens is 318 g/mol. The Kier molecular flexibility index (Phi) is 5.04. The number of fused-ring (bicyclic) bond motifs is 1. The molecule has 1 saturated heterocycles. The molecule has 6 heteroatoms. The molecule has 0 spiro atoms. The van der Waals surface area contributed by atoms with Crippen molar-refractivity contribution in [1.29, 1.82) is 0 Å². The van der Waals surface area contributed by atoms with E-state index in [1.165, 1.54) is 5.52 Å². The van der Waals surface area contributed by atoms with Gasteiger partial charge in [-0.25, -0.2) is 4.98 Å².